The molecule has 2 rings (SSSR count). The molecule has 2 saturated heterocycles. The van der Waals surface area contributed by atoms with Crippen LogP contribution in [0.3, 0.4) is 0 Å². The summed E-state index contributed by atoms with van der Waals surface area (Å²) in [6.07, 6.45) is 4.63. The number of ether oxygens (including phenoxy) is 1. The zero-order valence-corrected chi connectivity index (χ0v) is 11.9. The molecule has 0 aromatic heterocycles. The molecular formula is C14H27N3O2. The average molecular weight is 269 g/mol. The average Bonchev–Trinajstić information content (AvgIpc) is 2.90. The number of nitrogens with two attached hydrogens (primary N) is 1. The van der Waals surface area contributed by atoms with Gasteiger partial charge in [-0.1, -0.05) is 0 Å². The standard InChI is InChI=1S/C14H27N3O2/c1-11(15)12-4-6-17(7-5-12)10-14(18)16-9-13-3-2-8-19-13/h11-13H,2-10,15H2,1H3,(H,16,18). The Morgan fingerprint density at radius 3 is 2.74 bits per heavy atom. The van der Waals surface area contributed by atoms with E-state index in [1.165, 1.54) is 0 Å². The van der Waals surface area contributed by atoms with Crippen molar-refractivity contribution in [1.29, 1.82) is 0 Å². The monoisotopic (exact) mass is 269 g/mol. The van der Waals surface area contributed by atoms with Crippen molar-refractivity contribution in [3.8, 4) is 0 Å². The normalized spacial score (nSPS) is 27.4. The number of nitrogens with one attached hydrogen (secondary N) is 1. The SMILES string of the molecule is CC(N)C1CCN(CC(=O)NCC2CCCO2)CC1. The highest BCUT2D eigenvalue weighted by Crippen LogP contribution is 2.19. The van der Waals surface area contributed by atoms with E-state index in [2.05, 4.69) is 17.1 Å². The molecule has 0 bridgehead atoms. The molecule has 0 aliphatic carbocycles. The van der Waals surface area contributed by atoms with Crippen molar-refractivity contribution in [2.75, 3.05) is 32.8 Å². The van der Waals surface area contributed by atoms with Gasteiger partial charge in [0.25, 0.3) is 0 Å². The minimum absolute atomic E-state index is 0.120. The van der Waals surface area contributed by atoms with Crippen LogP contribution in [0, 0.1) is 5.92 Å². The van der Waals surface area contributed by atoms with Gasteiger partial charge in [-0.05, 0) is 51.6 Å². The minimum Gasteiger partial charge on any atom is -0.376 e. The van der Waals surface area contributed by atoms with Crippen LogP contribution in [0.4, 0.5) is 0 Å². The molecule has 2 aliphatic heterocycles. The molecule has 2 atom stereocenters. The molecule has 19 heavy (non-hydrogen) atoms. The van der Waals surface area contributed by atoms with Gasteiger partial charge in [-0.3, -0.25) is 9.69 Å². The van der Waals surface area contributed by atoms with Gasteiger partial charge in [0.05, 0.1) is 12.6 Å². The summed E-state index contributed by atoms with van der Waals surface area (Å²) in [6, 6.07) is 0.274. The lowest BCUT2D eigenvalue weighted by Gasteiger charge is -2.33. The second kappa shape index (κ2) is 7.22. The molecule has 0 aromatic rings. The molecule has 2 heterocycles. The van der Waals surface area contributed by atoms with Crippen LogP contribution in [0.1, 0.15) is 32.6 Å². The molecule has 0 radical (unpaired) electrons. The number of hydrogen-bond donors (Lipinski definition) is 2. The Bertz CT molecular complexity index is 282. The zero-order valence-electron chi connectivity index (χ0n) is 11.9. The van der Waals surface area contributed by atoms with Crippen molar-refractivity contribution in [2.24, 2.45) is 11.7 Å². The number of hydrogen-bond acceptors (Lipinski definition) is 4. The summed E-state index contributed by atoms with van der Waals surface area (Å²) < 4.78 is 5.49. The number of amides is 1. The van der Waals surface area contributed by atoms with Crippen molar-refractivity contribution in [3.05, 3.63) is 0 Å². The Kier molecular flexibility index (Phi) is 5.60. The molecule has 0 aromatic carbocycles. The summed E-state index contributed by atoms with van der Waals surface area (Å²) in [4.78, 5) is 14.1. The highest BCUT2D eigenvalue weighted by Gasteiger charge is 2.23. The van der Waals surface area contributed by atoms with Gasteiger partial charge in [-0.2, -0.15) is 0 Å². The second-order valence-corrected chi connectivity index (χ2v) is 5.91. The van der Waals surface area contributed by atoms with Gasteiger partial charge in [-0.15, -0.1) is 0 Å². The lowest BCUT2D eigenvalue weighted by Crippen LogP contribution is -2.45. The zero-order chi connectivity index (χ0) is 13.7. The van der Waals surface area contributed by atoms with Gasteiger partial charge in [-0.25, -0.2) is 0 Å². The predicted octanol–water partition coefficient (Wildman–Crippen LogP) is 0.341. The molecular weight excluding hydrogens is 242 g/mol. The lowest BCUT2D eigenvalue weighted by molar-refractivity contribution is -0.123. The summed E-state index contributed by atoms with van der Waals surface area (Å²) in [5.41, 5.74) is 5.92. The molecule has 110 valence electrons. The van der Waals surface area contributed by atoms with Gasteiger partial charge in [0.2, 0.25) is 5.91 Å². The van der Waals surface area contributed by atoms with Gasteiger partial charge in [0.15, 0.2) is 0 Å². The van der Waals surface area contributed by atoms with E-state index in [-0.39, 0.29) is 18.1 Å². The Labute approximate surface area is 115 Å². The summed E-state index contributed by atoms with van der Waals surface area (Å²) in [7, 11) is 0. The van der Waals surface area contributed by atoms with E-state index in [0.717, 1.165) is 45.4 Å². The summed E-state index contributed by atoms with van der Waals surface area (Å²) in [5.74, 6) is 0.737. The Hall–Kier alpha value is -0.650. The molecule has 3 N–H and O–H groups in total. The van der Waals surface area contributed by atoms with E-state index < -0.39 is 0 Å². The maximum absolute atomic E-state index is 11.9. The van der Waals surface area contributed by atoms with Crippen LogP contribution in [0.2, 0.25) is 0 Å². The first-order valence-corrected chi connectivity index (χ1v) is 7.51. The molecule has 5 heteroatoms. The highest BCUT2D eigenvalue weighted by molar-refractivity contribution is 5.78. The number of likely N-dealkylation sites (tertiary alicyclic amines) is 1. The van der Waals surface area contributed by atoms with Crippen LogP contribution in [0.5, 0.6) is 0 Å². The number of carbonyl (C=O) groups excluding carboxylic acids is 1. The van der Waals surface area contributed by atoms with Crippen molar-refractivity contribution < 1.29 is 9.53 Å². The van der Waals surface area contributed by atoms with Crippen LogP contribution in [0.15, 0.2) is 0 Å². The molecule has 5 nitrogen and oxygen atoms in total. The van der Waals surface area contributed by atoms with E-state index in [4.69, 9.17) is 10.5 Å². The Morgan fingerprint density at radius 2 is 2.16 bits per heavy atom. The molecule has 2 aliphatic rings. The van der Waals surface area contributed by atoms with Gasteiger partial charge in [0.1, 0.15) is 0 Å². The molecule has 1 amide bonds. The summed E-state index contributed by atoms with van der Waals surface area (Å²) in [6.45, 7) is 6.06. The fraction of sp³-hybridized carbons (Fsp3) is 0.929. The van der Waals surface area contributed by atoms with Crippen LogP contribution < -0.4 is 11.1 Å². The third kappa shape index (κ3) is 4.75. The van der Waals surface area contributed by atoms with Gasteiger partial charge in [0, 0.05) is 19.2 Å². The quantitative estimate of drug-likeness (QED) is 0.755. The fourth-order valence-corrected chi connectivity index (χ4v) is 2.93. The number of nitrogens with zero attached hydrogens (tertiary/aromatic N) is 1. The number of rotatable bonds is 5. The Balaban J connectivity index is 1.60. The highest BCUT2D eigenvalue weighted by atomic mass is 16.5. The fourth-order valence-electron chi connectivity index (χ4n) is 2.93. The smallest absolute Gasteiger partial charge is 0.234 e. The van der Waals surface area contributed by atoms with E-state index in [1.54, 1.807) is 0 Å². The van der Waals surface area contributed by atoms with Gasteiger partial charge >= 0.3 is 0 Å². The maximum Gasteiger partial charge on any atom is 0.234 e. The van der Waals surface area contributed by atoms with Crippen molar-refractivity contribution in [2.45, 2.75) is 44.8 Å². The molecule has 0 spiro atoms. The summed E-state index contributed by atoms with van der Waals surface area (Å²) in [5, 5.41) is 2.98. The lowest BCUT2D eigenvalue weighted by atomic mass is 9.91. The second-order valence-electron chi connectivity index (χ2n) is 5.91. The third-order valence-electron chi connectivity index (χ3n) is 4.29. The van der Waals surface area contributed by atoms with E-state index in [9.17, 15) is 4.79 Å². The Morgan fingerprint density at radius 1 is 1.42 bits per heavy atom. The first-order chi connectivity index (χ1) is 9.15. The van der Waals surface area contributed by atoms with Crippen molar-refractivity contribution >= 4 is 5.91 Å². The maximum atomic E-state index is 11.9. The topological polar surface area (TPSA) is 67.6 Å². The third-order valence-corrected chi connectivity index (χ3v) is 4.29. The predicted molar refractivity (Wildman–Crippen MR) is 74.8 cm³/mol. The van der Waals surface area contributed by atoms with Crippen LogP contribution >= 0.6 is 0 Å². The first-order valence-electron chi connectivity index (χ1n) is 7.51. The van der Waals surface area contributed by atoms with Crippen molar-refractivity contribution in [3.63, 3.8) is 0 Å². The van der Waals surface area contributed by atoms with E-state index in [1.807, 2.05) is 0 Å². The first kappa shape index (κ1) is 14.8. The van der Waals surface area contributed by atoms with Crippen LogP contribution in [-0.2, 0) is 9.53 Å². The summed E-state index contributed by atoms with van der Waals surface area (Å²) >= 11 is 0. The molecule has 0 saturated carbocycles. The molecule has 2 fully saturated rings. The van der Waals surface area contributed by atoms with Crippen molar-refractivity contribution in [1.82, 2.24) is 10.2 Å². The molecule has 2 unspecified atom stereocenters. The number of piperidine rings is 1. The van der Waals surface area contributed by atoms with Crippen LogP contribution in [-0.4, -0.2) is 55.7 Å². The van der Waals surface area contributed by atoms with Crippen LogP contribution in [0.25, 0.3) is 0 Å². The van der Waals surface area contributed by atoms with E-state index >= 15 is 0 Å². The van der Waals surface area contributed by atoms with Gasteiger partial charge < -0.3 is 15.8 Å². The largest absolute Gasteiger partial charge is 0.376 e. The number of carbonyl (C=O) groups is 1. The van der Waals surface area contributed by atoms with E-state index in [0.29, 0.717) is 19.0 Å². The minimum atomic E-state index is 0.120.